The molecule has 0 radical (unpaired) electrons. The zero-order valence-electron chi connectivity index (χ0n) is 6.85. The highest BCUT2D eigenvalue weighted by Gasteiger charge is 1.90. The van der Waals surface area contributed by atoms with Gasteiger partial charge in [-0.15, -0.1) is 5.92 Å². The first-order chi connectivity index (χ1) is 4.77. The molecule has 0 heterocycles. The van der Waals surface area contributed by atoms with E-state index in [2.05, 4.69) is 25.7 Å². The van der Waals surface area contributed by atoms with Gasteiger partial charge in [-0.05, 0) is 12.3 Å². The summed E-state index contributed by atoms with van der Waals surface area (Å²) in [5.74, 6) is 6.29. The van der Waals surface area contributed by atoms with Crippen molar-refractivity contribution in [1.29, 1.82) is 0 Å². The largest absolute Gasteiger partial charge is 0.384 e. The number of aliphatic hydroxyl groups excluding tert-OH is 1. The summed E-state index contributed by atoms with van der Waals surface area (Å²) in [5, 5.41) is 8.30. The van der Waals surface area contributed by atoms with Crippen LogP contribution in [0.3, 0.4) is 0 Å². The third kappa shape index (κ3) is 7.52. The van der Waals surface area contributed by atoms with Gasteiger partial charge in [-0.2, -0.15) is 0 Å². The van der Waals surface area contributed by atoms with Crippen LogP contribution in [0.1, 0.15) is 33.1 Å². The molecule has 0 bridgehead atoms. The van der Waals surface area contributed by atoms with Gasteiger partial charge in [0.15, 0.2) is 0 Å². The molecule has 0 saturated heterocycles. The SMILES string of the molecule is CC(C)CCCC#CCO. The van der Waals surface area contributed by atoms with Crippen molar-refractivity contribution in [2.45, 2.75) is 33.1 Å². The number of aliphatic hydroxyl groups is 1. The minimum Gasteiger partial charge on any atom is -0.384 e. The van der Waals surface area contributed by atoms with Crippen molar-refractivity contribution in [2.75, 3.05) is 6.61 Å². The van der Waals surface area contributed by atoms with Gasteiger partial charge in [0.05, 0.1) is 0 Å². The maximum atomic E-state index is 8.30. The third-order valence-corrected chi connectivity index (χ3v) is 1.29. The quantitative estimate of drug-likeness (QED) is 0.468. The van der Waals surface area contributed by atoms with Crippen molar-refractivity contribution in [3.63, 3.8) is 0 Å². The third-order valence-electron chi connectivity index (χ3n) is 1.29. The van der Waals surface area contributed by atoms with Crippen LogP contribution in [-0.4, -0.2) is 11.7 Å². The summed E-state index contributed by atoms with van der Waals surface area (Å²) < 4.78 is 0. The second-order valence-electron chi connectivity index (χ2n) is 2.80. The maximum Gasteiger partial charge on any atom is 0.104 e. The van der Waals surface area contributed by atoms with Crippen LogP contribution in [0.25, 0.3) is 0 Å². The Morgan fingerprint density at radius 3 is 2.50 bits per heavy atom. The van der Waals surface area contributed by atoms with Gasteiger partial charge in [-0.25, -0.2) is 0 Å². The van der Waals surface area contributed by atoms with E-state index in [9.17, 15) is 0 Å². The van der Waals surface area contributed by atoms with E-state index in [4.69, 9.17) is 5.11 Å². The molecule has 0 saturated carbocycles. The van der Waals surface area contributed by atoms with E-state index in [-0.39, 0.29) is 6.61 Å². The van der Waals surface area contributed by atoms with Crippen LogP contribution in [0.15, 0.2) is 0 Å². The fourth-order valence-electron chi connectivity index (χ4n) is 0.743. The minimum atomic E-state index is 0.00167. The Morgan fingerprint density at radius 2 is 2.00 bits per heavy atom. The topological polar surface area (TPSA) is 20.2 Å². The maximum absolute atomic E-state index is 8.30. The molecular weight excluding hydrogens is 124 g/mol. The normalized spacial score (nSPS) is 9.20. The Bertz CT molecular complexity index is 116. The molecule has 10 heavy (non-hydrogen) atoms. The predicted molar refractivity (Wildman–Crippen MR) is 43.6 cm³/mol. The number of rotatable bonds is 3. The summed E-state index contributed by atoms with van der Waals surface area (Å²) in [5.41, 5.74) is 0. The molecular formula is C9H16O. The first-order valence-corrected chi connectivity index (χ1v) is 3.84. The van der Waals surface area contributed by atoms with Crippen LogP contribution in [0.4, 0.5) is 0 Å². The van der Waals surface area contributed by atoms with Crippen molar-refractivity contribution in [1.82, 2.24) is 0 Å². The van der Waals surface area contributed by atoms with Gasteiger partial charge in [-0.3, -0.25) is 0 Å². The van der Waals surface area contributed by atoms with Crippen molar-refractivity contribution >= 4 is 0 Å². The van der Waals surface area contributed by atoms with Crippen LogP contribution >= 0.6 is 0 Å². The molecule has 0 aromatic rings. The lowest BCUT2D eigenvalue weighted by atomic mass is 10.1. The van der Waals surface area contributed by atoms with E-state index in [1.54, 1.807) is 0 Å². The average molecular weight is 140 g/mol. The Balaban J connectivity index is 3.05. The molecule has 0 aliphatic heterocycles. The van der Waals surface area contributed by atoms with Crippen LogP contribution in [0, 0.1) is 17.8 Å². The van der Waals surface area contributed by atoms with E-state index >= 15 is 0 Å². The van der Waals surface area contributed by atoms with E-state index in [0.717, 1.165) is 18.8 Å². The van der Waals surface area contributed by atoms with E-state index in [1.165, 1.54) is 6.42 Å². The summed E-state index contributed by atoms with van der Waals surface area (Å²) in [6.07, 6.45) is 3.32. The molecule has 0 atom stereocenters. The molecule has 58 valence electrons. The average Bonchev–Trinajstić information content (AvgIpc) is 1.87. The molecule has 0 aliphatic carbocycles. The first-order valence-electron chi connectivity index (χ1n) is 3.84. The monoisotopic (exact) mass is 140 g/mol. The zero-order chi connectivity index (χ0) is 7.82. The lowest BCUT2D eigenvalue weighted by molar-refractivity contribution is 0.350. The summed E-state index contributed by atoms with van der Waals surface area (Å²) in [6, 6.07) is 0. The molecule has 0 aromatic carbocycles. The highest BCUT2D eigenvalue weighted by Crippen LogP contribution is 2.04. The molecule has 1 nitrogen and oxygen atoms in total. The van der Waals surface area contributed by atoms with Gasteiger partial charge < -0.3 is 5.11 Å². The zero-order valence-corrected chi connectivity index (χ0v) is 6.85. The summed E-state index contributed by atoms with van der Waals surface area (Å²) >= 11 is 0. The van der Waals surface area contributed by atoms with Crippen LogP contribution in [0.2, 0.25) is 0 Å². The van der Waals surface area contributed by atoms with Crippen molar-refractivity contribution in [2.24, 2.45) is 5.92 Å². The van der Waals surface area contributed by atoms with Crippen LogP contribution in [-0.2, 0) is 0 Å². The summed E-state index contributed by atoms with van der Waals surface area (Å²) in [6.45, 7) is 4.42. The summed E-state index contributed by atoms with van der Waals surface area (Å²) in [4.78, 5) is 0. The Morgan fingerprint density at radius 1 is 1.30 bits per heavy atom. The Hall–Kier alpha value is -0.480. The minimum absolute atomic E-state index is 0.00167. The van der Waals surface area contributed by atoms with Crippen molar-refractivity contribution < 1.29 is 5.11 Å². The van der Waals surface area contributed by atoms with Gasteiger partial charge >= 0.3 is 0 Å². The summed E-state index contributed by atoms with van der Waals surface area (Å²) in [7, 11) is 0. The fourth-order valence-corrected chi connectivity index (χ4v) is 0.743. The molecule has 0 rings (SSSR count). The lowest BCUT2D eigenvalue weighted by Gasteiger charge is -1.98. The number of unbranched alkanes of at least 4 members (excludes halogenated alkanes) is 1. The second kappa shape index (κ2) is 6.64. The molecule has 0 aliphatic rings. The van der Waals surface area contributed by atoms with Gasteiger partial charge in [0.2, 0.25) is 0 Å². The van der Waals surface area contributed by atoms with Crippen LogP contribution in [0.5, 0.6) is 0 Å². The molecule has 0 spiro atoms. The van der Waals surface area contributed by atoms with E-state index in [0.29, 0.717) is 0 Å². The lowest BCUT2D eigenvalue weighted by Crippen LogP contribution is -1.85. The van der Waals surface area contributed by atoms with Crippen molar-refractivity contribution in [3.8, 4) is 11.8 Å². The fraction of sp³-hybridized carbons (Fsp3) is 0.778. The van der Waals surface area contributed by atoms with E-state index in [1.807, 2.05) is 0 Å². The Labute approximate surface area is 63.5 Å². The number of hydrogen-bond donors (Lipinski definition) is 1. The smallest absolute Gasteiger partial charge is 0.104 e. The highest BCUT2D eigenvalue weighted by molar-refractivity contribution is 4.98. The molecule has 1 heteroatoms. The molecule has 1 N–H and O–H groups in total. The van der Waals surface area contributed by atoms with E-state index < -0.39 is 0 Å². The van der Waals surface area contributed by atoms with Gasteiger partial charge in [0.1, 0.15) is 6.61 Å². The van der Waals surface area contributed by atoms with Gasteiger partial charge in [0.25, 0.3) is 0 Å². The van der Waals surface area contributed by atoms with Crippen molar-refractivity contribution in [3.05, 3.63) is 0 Å². The van der Waals surface area contributed by atoms with Gasteiger partial charge in [0, 0.05) is 6.42 Å². The highest BCUT2D eigenvalue weighted by atomic mass is 16.2. The molecule has 0 fully saturated rings. The first kappa shape index (κ1) is 9.52. The molecule has 0 unspecified atom stereocenters. The standard InChI is InChI=1S/C9H16O/c1-9(2)7-5-3-4-6-8-10/h9-10H,3,5,7-8H2,1-2H3. The Kier molecular flexibility index (Phi) is 6.32. The van der Waals surface area contributed by atoms with Crippen LogP contribution < -0.4 is 0 Å². The molecule has 0 aromatic heterocycles. The second-order valence-corrected chi connectivity index (χ2v) is 2.80. The molecule has 0 amide bonds. The number of hydrogen-bond acceptors (Lipinski definition) is 1. The van der Waals surface area contributed by atoms with Gasteiger partial charge in [-0.1, -0.05) is 26.2 Å². The predicted octanol–water partition coefficient (Wildman–Crippen LogP) is 1.81.